The number of ether oxygens (including phenoxy) is 1. The Morgan fingerprint density at radius 3 is 2.41 bits per heavy atom. The maximum Gasteiger partial charge on any atom is 0.414 e. The monoisotopic (exact) mass is 256 g/mol. The van der Waals surface area contributed by atoms with Gasteiger partial charge in [-0.1, -0.05) is 0 Å². The molecule has 2 rings (SSSR count). The lowest BCUT2D eigenvalue weighted by atomic mass is 10.2. The predicted octanol–water partition coefficient (Wildman–Crippen LogP) is 1.01. The van der Waals surface area contributed by atoms with Crippen molar-refractivity contribution < 1.29 is 17.9 Å². The first-order valence-electron chi connectivity index (χ1n) is 4.98. The fourth-order valence-electron chi connectivity index (χ4n) is 1.55. The molecule has 0 unspecified atom stereocenters. The summed E-state index contributed by atoms with van der Waals surface area (Å²) in [7, 11) is -3.28. The molecule has 0 spiro atoms. The fourth-order valence-corrected chi connectivity index (χ4v) is 2.12. The number of nitrogens with zero attached hydrogens (tertiary/aromatic N) is 1. The van der Waals surface area contributed by atoms with Crippen LogP contribution in [0.2, 0.25) is 0 Å². The number of sulfonamides is 1. The molecule has 0 bridgehead atoms. The molecule has 1 fully saturated rings. The number of hydrogen-bond donors (Lipinski definition) is 1. The summed E-state index contributed by atoms with van der Waals surface area (Å²) in [6.45, 7) is 0.889. The van der Waals surface area contributed by atoms with E-state index < -0.39 is 10.0 Å². The molecule has 92 valence electrons. The maximum atomic E-state index is 11.3. The van der Waals surface area contributed by atoms with E-state index in [1.165, 1.54) is 4.90 Å². The molecular weight excluding hydrogens is 244 g/mol. The maximum absolute atomic E-state index is 11.3. The van der Waals surface area contributed by atoms with E-state index in [2.05, 4.69) is 4.72 Å². The first kappa shape index (κ1) is 11.7. The van der Waals surface area contributed by atoms with Crippen molar-refractivity contribution in [2.75, 3.05) is 29.0 Å². The number of carbonyl (C=O) groups is 1. The lowest BCUT2D eigenvalue weighted by Gasteiger charge is -2.13. The van der Waals surface area contributed by atoms with Gasteiger partial charge in [0.05, 0.1) is 12.8 Å². The van der Waals surface area contributed by atoms with Gasteiger partial charge in [0.25, 0.3) is 0 Å². The molecule has 0 saturated carbocycles. The van der Waals surface area contributed by atoms with E-state index >= 15 is 0 Å². The minimum atomic E-state index is -3.28. The quantitative estimate of drug-likeness (QED) is 0.875. The van der Waals surface area contributed by atoms with Crippen LogP contribution < -0.4 is 9.62 Å². The molecule has 1 heterocycles. The third kappa shape index (κ3) is 2.88. The van der Waals surface area contributed by atoms with Crippen LogP contribution in [0.5, 0.6) is 0 Å². The molecular formula is C10H12N2O4S. The normalized spacial score (nSPS) is 15.8. The molecule has 1 aromatic carbocycles. The van der Waals surface area contributed by atoms with Gasteiger partial charge in [0.2, 0.25) is 10.0 Å². The Kier molecular flexibility index (Phi) is 2.93. The Bertz CT molecular complexity index is 524. The molecule has 1 aromatic rings. The van der Waals surface area contributed by atoms with E-state index in [0.29, 0.717) is 24.5 Å². The van der Waals surface area contributed by atoms with E-state index in [0.717, 1.165) is 6.26 Å². The van der Waals surface area contributed by atoms with E-state index in [1.54, 1.807) is 24.3 Å². The molecule has 0 radical (unpaired) electrons. The second kappa shape index (κ2) is 4.25. The van der Waals surface area contributed by atoms with Gasteiger partial charge in [-0.25, -0.2) is 13.2 Å². The molecule has 6 nitrogen and oxygen atoms in total. The Balaban J connectivity index is 2.15. The van der Waals surface area contributed by atoms with Crippen molar-refractivity contribution in [3.8, 4) is 0 Å². The van der Waals surface area contributed by atoms with E-state index in [1.807, 2.05) is 0 Å². The summed E-state index contributed by atoms with van der Waals surface area (Å²) in [5, 5.41) is 0. The number of carbonyl (C=O) groups excluding carboxylic acids is 1. The molecule has 1 saturated heterocycles. The van der Waals surface area contributed by atoms with Crippen molar-refractivity contribution in [2.45, 2.75) is 0 Å². The second-order valence-corrected chi connectivity index (χ2v) is 5.44. The minimum Gasteiger partial charge on any atom is -0.447 e. The van der Waals surface area contributed by atoms with Crippen molar-refractivity contribution in [1.29, 1.82) is 0 Å². The van der Waals surface area contributed by atoms with Crippen LogP contribution in [0.25, 0.3) is 0 Å². The SMILES string of the molecule is CS(=O)(=O)Nc1ccc(N2CCOC2=O)cc1. The van der Waals surface area contributed by atoms with Crippen molar-refractivity contribution in [3.05, 3.63) is 24.3 Å². The van der Waals surface area contributed by atoms with Crippen molar-refractivity contribution >= 4 is 27.5 Å². The summed E-state index contributed by atoms with van der Waals surface area (Å²) < 4.78 is 29.2. The lowest BCUT2D eigenvalue weighted by molar-refractivity contribution is 0.181. The second-order valence-electron chi connectivity index (χ2n) is 3.69. The first-order valence-corrected chi connectivity index (χ1v) is 6.87. The molecule has 1 N–H and O–H groups in total. The predicted molar refractivity (Wildman–Crippen MR) is 63.6 cm³/mol. The van der Waals surface area contributed by atoms with Crippen LogP contribution in [-0.2, 0) is 14.8 Å². The number of benzene rings is 1. The number of cyclic esters (lactones) is 1. The van der Waals surface area contributed by atoms with Crippen LogP contribution >= 0.6 is 0 Å². The summed E-state index contributed by atoms with van der Waals surface area (Å²) in [6, 6.07) is 6.53. The Labute approximate surface area is 99.2 Å². The van der Waals surface area contributed by atoms with Gasteiger partial charge in [-0.05, 0) is 24.3 Å². The van der Waals surface area contributed by atoms with Crippen LogP contribution in [0.1, 0.15) is 0 Å². The highest BCUT2D eigenvalue weighted by atomic mass is 32.2. The molecule has 7 heteroatoms. The summed E-state index contributed by atoms with van der Waals surface area (Å²) in [5.41, 5.74) is 1.15. The highest BCUT2D eigenvalue weighted by molar-refractivity contribution is 7.92. The number of amides is 1. The highest BCUT2D eigenvalue weighted by Gasteiger charge is 2.23. The Hall–Kier alpha value is -1.76. The van der Waals surface area contributed by atoms with Crippen molar-refractivity contribution in [2.24, 2.45) is 0 Å². The zero-order chi connectivity index (χ0) is 12.5. The number of anilines is 2. The van der Waals surface area contributed by atoms with Crippen LogP contribution in [0, 0.1) is 0 Å². The molecule has 1 aliphatic rings. The smallest absolute Gasteiger partial charge is 0.414 e. The molecule has 1 aliphatic heterocycles. The topological polar surface area (TPSA) is 75.7 Å². The van der Waals surface area contributed by atoms with Gasteiger partial charge in [-0.2, -0.15) is 0 Å². The first-order chi connectivity index (χ1) is 7.96. The molecule has 0 aliphatic carbocycles. The zero-order valence-corrected chi connectivity index (χ0v) is 10.0. The lowest BCUT2D eigenvalue weighted by Crippen LogP contribution is -2.23. The number of rotatable bonds is 3. The van der Waals surface area contributed by atoms with Crippen molar-refractivity contribution in [3.63, 3.8) is 0 Å². The Morgan fingerprint density at radius 2 is 1.94 bits per heavy atom. The molecule has 17 heavy (non-hydrogen) atoms. The summed E-state index contributed by atoms with van der Waals surface area (Å²) in [5.74, 6) is 0. The third-order valence-corrected chi connectivity index (χ3v) is 2.85. The van der Waals surface area contributed by atoms with Crippen LogP contribution in [-0.4, -0.2) is 33.9 Å². The van der Waals surface area contributed by atoms with E-state index in [4.69, 9.17) is 4.74 Å². The number of hydrogen-bond acceptors (Lipinski definition) is 4. The minimum absolute atomic E-state index is 0.377. The molecule has 1 amide bonds. The highest BCUT2D eigenvalue weighted by Crippen LogP contribution is 2.21. The summed E-state index contributed by atoms with van der Waals surface area (Å²) >= 11 is 0. The van der Waals surface area contributed by atoms with Crippen LogP contribution in [0.3, 0.4) is 0 Å². The van der Waals surface area contributed by atoms with Gasteiger partial charge < -0.3 is 4.74 Å². The zero-order valence-electron chi connectivity index (χ0n) is 9.21. The standard InChI is InChI=1S/C10H12N2O4S/c1-17(14,15)11-8-2-4-9(5-3-8)12-6-7-16-10(12)13/h2-5,11H,6-7H2,1H3. The van der Waals surface area contributed by atoms with Crippen LogP contribution in [0.15, 0.2) is 24.3 Å². The van der Waals surface area contributed by atoms with E-state index in [9.17, 15) is 13.2 Å². The Morgan fingerprint density at radius 1 is 1.29 bits per heavy atom. The van der Waals surface area contributed by atoms with E-state index in [-0.39, 0.29) is 6.09 Å². The average Bonchev–Trinajstić information content (AvgIpc) is 2.63. The fraction of sp³-hybridized carbons (Fsp3) is 0.300. The average molecular weight is 256 g/mol. The summed E-state index contributed by atoms with van der Waals surface area (Å²) in [4.78, 5) is 12.8. The van der Waals surface area contributed by atoms with Gasteiger partial charge >= 0.3 is 6.09 Å². The van der Waals surface area contributed by atoms with Crippen LogP contribution in [0.4, 0.5) is 16.2 Å². The summed E-state index contributed by atoms with van der Waals surface area (Å²) in [6.07, 6.45) is 0.701. The number of nitrogens with one attached hydrogen (secondary N) is 1. The molecule has 0 aromatic heterocycles. The molecule has 0 atom stereocenters. The van der Waals surface area contributed by atoms with Gasteiger partial charge in [0.15, 0.2) is 0 Å². The largest absolute Gasteiger partial charge is 0.447 e. The van der Waals surface area contributed by atoms with Gasteiger partial charge in [-0.15, -0.1) is 0 Å². The third-order valence-electron chi connectivity index (χ3n) is 2.24. The van der Waals surface area contributed by atoms with Gasteiger partial charge in [-0.3, -0.25) is 9.62 Å². The van der Waals surface area contributed by atoms with Crippen molar-refractivity contribution in [1.82, 2.24) is 0 Å². The van der Waals surface area contributed by atoms with Gasteiger partial charge in [0, 0.05) is 11.4 Å². The van der Waals surface area contributed by atoms with Gasteiger partial charge in [0.1, 0.15) is 6.61 Å².